The molecular formula is C12H19NO. The minimum Gasteiger partial charge on any atom is -0.508 e. The van der Waals surface area contributed by atoms with E-state index in [0.29, 0.717) is 11.7 Å². The Balaban J connectivity index is 2.56. The van der Waals surface area contributed by atoms with Crippen LogP contribution in [0.1, 0.15) is 25.8 Å². The topological polar surface area (TPSA) is 46.2 Å². The Labute approximate surface area is 85.8 Å². The average molecular weight is 193 g/mol. The summed E-state index contributed by atoms with van der Waals surface area (Å²) in [5.74, 6) is 0.910. The van der Waals surface area contributed by atoms with Gasteiger partial charge in [0.25, 0.3) is 0 Å². The summed E-state index contributed by atoms with van der Waals surface area (Å²) in [5.41, 5.74) is 6.74. The number of benzene rings is 1. The van der Waals surface area contributed by atoms with Crippen LogP contribution in [0, 0.1) is 5.92 Å². The molecule has 0 bridgehead atoms. The second kappa shape index (κ2) is 5.01. The van der Waals surface area contributed by atoms with E-state index in [2.05, 4.69) is 6.92 Å². The van der Waals surface area contributed by atoms with Gasteiger partial charge in [-0.25, -0.2) is 0 Å². The standard InChI is InChI=1S/C12H19NO/c1-9(7-10(2)13)8-11-5-3-4-6-12(11)14/h3-6,9-10,14H,7-8,13H2,1-2H3. The number of phenolic OH excluding ortho intramolecular Hbond substituents is 1. The first-order valence-corrected chi connectivity index (χ1v) is 5.12. The van der Waals surface area contributed by atoms with Crippen molar-refractivity contribution in [3.8, 4) is 5.75 Å². The summed E-state index contributed by atoms with van der Waals surface area (Å²) in [7, 11) is 0. The second-order valence-electron chi connectivity index (χ2n) is 4.15. The molecule has 14 heavy (non-hydrogen) atoms. The summed E-state index contributed by atoms with van der Waals surface area (Å²) < 4.78 is 0. The Bertz CT molecular complexity index is 283. The Morgan fingerprint density at radius 2 is 1.93 bits per heavy atom. The van der Waals surface area contributed by atoms with Crippen LogP contribution in [0.25, 0.3) is 0 Å². The van der Waals surface area contributed by atoms with E-state index in [1.54, 1.807) is 6.07 Å². The zero-order chi connectivity index (χ0) is 10.6. The van der Waals surface area contributed by atoms with Gasteiger partial charge in [0.2, 0.25) is 0 Å². The van der Waals surface area contributed by atoms with E-state index < -0.39 is 0 Å². The molecular weight excluding hydrogens is 174 g/mol. The molecule has 1 rings (SSSR count). The van der Waals surface area contributed by atoms with E-state index in [-0.39, 0.29) is 6.04 Å². The first-order valence-electron chi connectivity index (χ1n) is 5.12. The zero-order valence-electron chi connectivity index (χ0n) is 8.90. The summed E-state index contributed by atoms with van der Waals surface area (Å²) in [4.78, 5) is 0. The summed E-state index contributed by atoms with van der Waals surface area (Å²) in [5, 5.41) is 9.56. The van der Waals surface area contributed by atoms with Crippen LogP contribution in [0.2, 0.25) is 0 Å². The Morgan fingerprint density at radius 1 is 1.29 bits per heavy atom. The lowest BCUT2D eigenvalue weighted by atomic mass is 9.95. The van der Waals surface area contributed by atoms with Crippen LogP contribution >= 0.6 is 0 Å². The van der Waals surface area contributed by atoms with Crippen LogP contribution in [0.15, 0.2) is 24.3 Å². The van der Waals surface area contributed by atoms with E-state index in [1.165, 1.54) is 0 Å². The lowest BCUT2D eigenvalue weighted by Gasteiger charge is -2.14. The van der Waals surface area contributed by atoms with Gasteiger partial charge in [0.1, 0.15) is 5.75 Å². The minimum absolute atomic E-state index is 0.232. The zero-order valence-corrected chi connectivity index (χ0v) is 8.90. The third-order valence-electron chi connectivity index (χ3n) is 2.33. The number of aromatic hydroxyl groups is 1. The lowest BCUT2D eigenvalue weighted by Crippen LogP contribution is -2.19. The van der Waals surface area contributed by atoms with Crippen LogP contribution in [0.5, 0.6) is 5.75 Å². The fourth-order valence-corrected chi connectivity index (χ4v) is 1.78. The van der Waals surface area contributed by atoms with Gasteiger partial charge in [-0.3, -0.25) is 0 Å². The van der Waals surface area contributed by atoms with E-state index in [0.717, 1.165) is 18.4 Å². The molecule has 2 unspecified atom stereocenters. The first-order chi connectivity index (χ1) is 6.59. The Hall–Kier alpha value is -1.02. The quantitative estimate of drug-likeness (QED) is 0.770. The van der Waals surface area contributed by atoms with Gasteiger partial charge in [0.05, 0.1) is 0 Å². The molecule has 0 fully saturated rings. The van der Waals surface area contributed by atoms with Crippen LogP contribution < -0.4 is 5.73 Å². The molecule has 1 aromatic rings. The lowest BCUT2D eigenvalue weighted by molar-refractivity contribution is 0.443. The van der Waals surface area contributed by atoms with Crippen LogP contribution in [0.4, 0.5) is 0 Å². The molecule has 0 radical (unpaired) electrons. The highest BCUT2D eigenvalue weighted by Gasteiger charge is 2.08. The van der Waals surface area contributed by atoms with Gasteiger partial charge in [0.15, 0.2) is 0 Å². The molecule has 2 nitrogen and oxygen atoms in total. The molecule has 0 amide bonds. The van der Waals surface area contributed by atoms with Gasteiger partial charge in [-0.05, 0) is 37.3 Å². The number of nitrogens with two attached hydrogens (primary N) is 1. The van der Waals surface area contributed by atoms with Gasteiger partial charge in [-0.2, -0.15) is 0 Å². The van der Waals surface area contributed by atoms with Crippen molar-refractivity contribution in [2.75, 3.05) is 0 Å². The smallest absolute Gasteiger partial charge is 0.118 e. The van der Waals surface area contributed by atoms with Crippen molar-refractivity contribution in [2.45, 2.75) is 32.7 Å². The van der Waals surface area contributed by atoms with Gasteiger partial charge < -0.3 is 10.8 Å². The predicted octanol–water partition coefficient (Wildman–Crippen LogP) is 2.31. The normalized spacial score (nSPS) is 15.1. The molecule has 78 valence electrons. The van der Waals surface area contributed by atoms with Gasteiger partial charge >= 0.3 is 0 Å². The Kier molecular flexibility index (Phi) is 3.96. The van der Waals surface area contributed by atoms with Crippen molar-refractivity contribution in [1.29, 1.82) is 0 Å². The molecule has 0 heterocycles. The van der Waals surface area contributed by atoms with E-state index in [9.17, 15) is 5.11 Å². The van der Waals surface area contributed by atoms with Crippen LogP contribution in [-0.4, -0.2) is 11.1 Å². The van der Waals surface area contributed by atoms with E-state index in [1.807, 2.05) is 25.1 Å². The van der Waals surface area contributed by atoms with Gasteiger partial charge in [-0.1, -0.05) is 25.1 Å². The molecule has 0 spiro atoms. The third-order valence-corrected chi connectivity index (χ3v) is 2.33. The van der Waals surface area contributed by atoms with Crippen molar-refractivity contribution in [3.63, 3.8) is 0 Å². The van der Waals surface area contributed by atoms with Crippen molar-refractivity contribution in [2.24, 2.45) is 11.7 Å². The first kappa shape index (κ1) is 11.1. The number of hydrogen-bond donors (Lipinski definition) is 2. The number of hydrogen-bond acceptors (Lipinski definition) is 2. The summed E-state index contributed by atoms with van der Waals surface area (Å²) in [6.45, 7) is 4.18. The maximum absolute atomic E-state index is 9.56. The molecule has 0 aliphatic heterocycles. The number of para-hydroxylation sites is 1. The van der Waals surface area contributed by atoms with E-state index in [4.69, 9.17) is 5.73 Å². The molecule has 0 saturated carbocycles. The predicted molar refractivity (Wildman–Crippen MR) is 59.2 cm³/mol. The molecule has 2 atom stereocenters. The van der Waals surface area contributed by atoms with Crippen LogP contribution in [-0.2, 0) is 6.42 Å². The summed E-state index contributed by atoms with van der Waals surface area (Å²) >= 11 is 0. The molecule has 2 heteroatoms. The number of rotatable bonds is 4. The maximum atomic E-state index is 9.56. The SMILES string of the molecule is CC(N)CC(C)Cc1ccccc1O. The molecule has 0 aliphatic carbocycles. The fourth-order valence-electron chi connectivity index (χ4n) is 1.78. The largest absolute Gasteiger partial charge is 0.508 e. The van der Waals surface area contributed by atoms with Crippen molar-refractivity contribution < 1.29 is 5.11 Å². The van der Waals surface area contributed by atoms with Crippen LogP contribution in [0.3, 0.4) is 0 Å². The Morgan fingerprint density at radius 3 is 2.50 bits per heavy atom. The highest BCUT2D eigenvalue weighted by atomic mass is 16.3. The molecule has 1 aromatic carbocycles. The maximum Gasteiger partial charge on any atom is 0.118 e. The van der Waals surface area contributed by atoms with Gasteiger partial charge in [0, 0.05) is 6.04 Å². The highest BCUT2D eigenvalue weighted by molar-refractivity contribution is 5.31. The third kappa shape index (κ3) is 3.38. The molecule has 0 aromatic heterocycles. The van der Waals surface area contributed by atoms with E-state index >= 15 is 0 Å². The highest BCUT2D eigenvalue weighted by Crippen LogP contribution is 2.21. The fraction of sp³-hybridized carbons (Fsp3) is 0.500. The van der Waals surface area contributed by atoms with Crippen molar-refractivity contribution in [1.82, 2.24) is 0 Å². The minimum atomic E-state index is 0.232. The van der Waals surface area contributed by atoms with Gasteiger partial charge in [-0.15, -0.1) is 0 Å². The molecule has 3 N–H and O–H groups in total. The van der Waals surface area contributed by atoms with Crippen molar-refractivity contribution in [3.05, 3.63) is 29.8 Å². The van der Waals surface area contributed by atoms with Crippen molar-refractivity contribution >= 4 is 0 Å². The summed E-state index contributed by atoms with van der Waals surface area (Å²) in [6, 6.07) is 7.72. The summed E-state index contributed by atoms with van der Waals surface area (Å²) in [6.07, 6.45) is 1.89. The monoisotopic (exact) mass is 193 g/mol. The molecule has 0 saturated heterocycles. The number of phenols is 1. The second-order valence-corrected chi connectivity index (χ2v) is 4.15. The average Bonchev–Trinajstić information content (AvgIpc) is 2.07. The molecule has 0 aliphatic rings.